The number of methoxy groups -OCH3 is 1. The van der Waals surface area contributed by atoms with Crippen molar-refractivity contribution in [2.24, 2.45) is 0 Å². The zero-order valence-corrected chi connectivity index (χ0v) is 12.0. The predicted octanol–water partition coefficient (Wildman–Crippen LogP) is -0.142. The molecule has 0 aliphatic carbocycles. The standard InChI is InChI=1S/C13H18N4O4/c1-9(12(18)19)16-3-5-17(6-4-16)11-8-14-7-10(15-11)13(20)21-2/h7-9H,3-6H2,1-2H3,(H,18,19). The molecule has 1 fully saturated rings. The maximum Gasteiger partial charge on any atom is 0.358 e. The molecule has 0 saturated carbocycles. The molecule has 1 aliphatic heterocycles. The Labute approximate surface area is 122 Å². The molecule has 8 nitrogen and oxygen atoms in total. The SMILES string of the molecule is COC(=O)c1cncc(N2CCN(C(C)C(=O)O)CC2)n1. The molecule has 0 aromatic carbocycles. The van der Waals surface area contributed by atoms with Crippen LogP contribution in [0, 0.1) is 0 Å². The van der Waals surface area contributed by atoms with E-state index in [-0.39, 0.29) is 5.69 Å². The van der Waals surface area contributed by atoms with Crippen LogP contribution in [0.4, 0.5) is 5.82 Å². The third-order valence-corrected chi connectivity index (χ3v) is 3.56. The van der Waals surface area contributed by atoms with Gasteiger partial charge < -0.3 is 14.7 Å². The van der Waals surface area contributed by atoms with Crippen molar-refractivity contribution in [1.29, 1.82) is 0 Å². The van der Waals surface area contributed by atoms with Crippen LogP contribution in [-0.2, 0) is 9.53 Å². The van der Waals surface area contributed by atoms with Crippen molar-refractivity contribution in [3.63, 3.8) is 0 Å². The largest absolute Gasteiger partial charge is 0.480 e. The van der Waals surface area contributed by atoms with Crippen LogP contribution in [0.1, 0.15) is 17.4 Å². The van der Waals surface area contributed by atoms with Crippen molar-refractivity contribution >= 4 is 17.8 Å². The van der Waals surface area contributed by atoms with E-state index < -0.39 is 18.0 Å². The molecule has 1 saturated heterocycles. The number of nitrogens with zero attached hydrogens (tertiary/aromatic N) is 4. The Hall–Kier alpha value is -2.22. The topological polar surface area (TPSA) is 95.9 Å². The lowest BCUT2D eigenvalue weighted by Gasteiger charge is -2.37. The number of hydrogen-bond acceptors (Lipinski definition) is 7. The van der Waals surface area contributed by atoms with Crippen molar-refractivity contribution < 1.29 is 19.4 Å². The highest BCUT2D eigenvalue weighted by atomic mass is 16.5. The number of carboxylic acids is 1. The Bertz CT molecular complexity index is 529. The Morgan fingerprint density at radius 2 is 1.95 bits per heavy atom. The lowest BCUT2D eigenvalue weighted by atomic mass is 10.2. The molecule has 1 atom stereocenters. The first-order valence-electron chi connectivity index (χ1n) is 6.65. The van der Waals surface area contributed by atoms with Crippen LogP contribution in [0.15, 0.2) is 12.4 Å². The molecule has 8 heteroatoms. The van der Waals surface area contributed by atoms with Crippen LogP contribution in [0.2, 0.25) is 0 Å². The highest BCUT2D eigenvalue weighted by molar-refractivity contribution is 5.87. The van der Waals surface area contributed by atoms with Crippen LogP contribution < -0.4 is 4.90 Å². The van der Waals surface area contributed by atoms with Gasteiger partial charge in [0, 0.05) is 26.2 Å². The lowest BCUT2D eigenvalue weighted by Crippen LogP contribution is -2.52. The van der Waals surface area contributed by atoms with Crippen molar-refractivity contribution in [3.8, 4) is 0 Å². The Morgan fingerprint density at radius 3 is 2.52 bits per heavy atom. The summed E-state index contributed by atoms with van der Waals surface area (Å²) in [7, 11) is 1.29. The van der Waals surface area contributed by atoms with Crippen LogP contribution in [0.3, 0.4) is 0 Å². The first kappa shape index (κ1) is 15.2. The number of piperazine rings is 1. The summed E-state index contributed by atoms with van der Waals surface area (Å²) in [4.78, 5) is 34.5. The monoisotopic (exact) mass is 294 g/mol. The second-order valence-corrected chi connectivity index (χ2v) is 4.79. The van der Waals surface area contributed by atoms with Gasteiger partial charge in [-0.2, -0.15) is 0 Å². The first-order chi connectivity index (χ1) is 10.0. The summed E-state index contributed by atoms with van der Waals surface area (Å²) in [6.45, 7) is 4.19. The fourth-order valence-corrected chi connectivity index (χ4v) is 2.21. The summed E-state index contributed by atoms with van der Waals surface area (Å²) in [5.74, 6) is -0.751. The molecule has 0 amide bonds. The first-order valence-corrected chi connectivity index (χ1v) is 6.65. The molecular weight excluding hydrogens is 276 g/mol. The van der Waals surface area contributed by atoms with E-state index in [4.69, 9.17) is 5.11 Å². The summed E-state index contributed by atoms with van der Waals surface area (Å²) in [5, 5.41) is 9.01. The van der Waals surface area contributed by atoms with Crippen LogP contribution in [-0.4, -0.2) is 71.2 Å². The van der Waals surface area contributed by atoms with Gasteiger partial charge in [0.1, 0.15) is 11.9 Å². The minimum atomic E-state index is -0.823. The lowest BCUT2D eigenvalue weighted by molar-refractivity contribution is -0.142. The smallest absolute Gasteiger partial charge is 0.358 e. The Kier molecular flexibility index (Phi) is 4.69. The molecule has 1 aliphatic rings. The number of carbonyl (C=O) groups excluding carboxylic acids is 1. The van der Waals surface area contributed by atoms with Gasteiger partial charge in [0.05, 0.1) is 19.5 Å². The molecule has 114 valence electrons. The van der Waals surface area contributed by atoms with Gasteiger partial charge in [-0.3, -0.25) is 14.7 Å². The second kappa shape index (κ2) is 6.49. The molecule has 0 bridgehead atoms. The third kappa shape index (κ3) is 3.46. The molecule has 1 aromatic rings. The molecule has 1 aromatic heterocycles. The zero-order valence-electron chi connectivity index (χ0n) is 12.0. The summed E-state index contributed by atoms with van der Waals surface area (Å²) in [6, 6.07) is -0.500. The number of rotatable bonds is 4. The average Bonchev–Trinajstić information content (AvgIpc) is 2.53. The Morgan fingerprint density at radius 1 is 1.29 bits per heavy atom. The van der Waals surface area contributed by atoms with Gasteiger partial charge in [-0.25, -0.2) is 9.78 Å². The van der Waals surface area contributed by atoms with Gasteiger partial charge in [-0.15, -0.1) is 0 Å². The number of carbonyl (C=O) groups is 2. The zero-order chi connectivity index (χ0) is 15.4. The molecule has 0 radical (unpaired) electrons. The van der Waals surface area contributed by atoms with Crippen LogP contribution in [0.5, 0.6) is 0 Å². The van der Waals surface area contributed by atoms with Gasteiger partial charge in [-0.05, 0) is 6.92 Å². The van der Waals surface area contributed by atoms with Crippen molar-refractivity contribution in [2.45, 2.75) is 13.0 Å². The fraction of sp³-hybridized carbons (Fsp3) is 0.538. The van der Waals surface area contributed by atoms with E-state index >= 15 is 0 Å². The van der Waals surface area contributed by atoms with E-state index in [1.165, 1.54) is 13.3 Å². The third-order valence-electron chi connectivity index (χ3n) is 3.56. The van der Waals surface area contributed by atoms with Crippen molar-refractivity contribution in [3.05, 3.63) is 18.1 Å². The molecular formula is C13H18N4O4. The van der Waals surface area contributed by atoms with Crippen LogP contribution in [0.25, 0.3) is 0 Å². The van der Waals surface area contributed by atoms with E-state index in [1.807, 2.05) is 9.80 Å². The summed E-state index contributed by atoms with van der Waals surface area (Å²) in [6.07, 6.45) is 2.95. The molecule has 2 heterocycles. The van der Waals surface area contributed by atoms with Gasteiger partial charge in [-0.1, -0.05) is 0 Å². The molecule has 0 spiro atoms. The molecule has 21 heavy (non-hydrogen) atoms. The van der Waals surface area contributed by atoms with Crippen LogP contribution >= 0.6 is 0 Å². The quantitative estimate of drug-likeness (QED) is 0.766. The Balaban J connectivity index is 2.02. The number of carboxylic acid groups (broad SMARTS) is 1. The van der Waals surface area contributed by atoms with E-state index in [0.29, 0.717) is 32.0 Å². The highest BCUT2D eigenvalue weighted by Gasteiger charge is 2.26. The van der Waals surface area contributed by atoms with Crippen molar-refractivity contribution in [2.75, 3.05) is 38.2 Å². The second-order valence-electron chi connectivity index (χ2n) is 4.79. The summed E-state index contributed by atoms with van der Waals surface area (Å²) < 4.78 is 4.62. The average molecular weight is 294 g/mol. The number of esters is 1. The summed E-state index contributed by atoms with van der Waals surface area (Å²) >= 11 is 0. The van der Waals surface area contributed by atoms with E-state index in [9.17, 15) is 9.59 Å². The summed E-state index contributed by atoms with van der Waals surface area (Å²) in [5.41, 5.74) is 0.163. The van der Waals surface area contributed by atoms with Gasteiger partial charge in [0.2, 0.25) is 0 Å². The fourth-order valence-electron chi connectivity index (χ4n) is 2.21. The van der Waals surface area contributed by atoms with E-state index in [2.05, 4.69) is 14.7 Å². The number of aromatic nitrogens is 2. The van der Waals surface area contributed by atoms with Crippen molar-refractivity contribution in [1.82, 2.24) is 14.9 Å². The highest BCUT2D eigenvalue weighted by Crippen LogP contribution is 2.14. The maximum atomic E-state index is 11.4. The minimum absolute atomic E-state index is 0.163. The molecule has 1 N–H and O–H groups in total. The normalized spacial score (nSPS) is 17.3. The number of hydrogen-bond donors (Lipinski definition) is 1. The minimum Gasteiger partial charge on any atom is -0.480 e. The van der Waals surface area contributed by atoms with Gasteiger partial charge >= 0.3 is 11.9 Å². The number of aliphatic carboxylic acids is 1. The van der Waals surface area contributed by atoms with E-state index in [1.54, 1.807) is 13.1 Å². The predicted molar refractivity (Wildman–Crippen MR) is 74.3 cm³/mol. The maximum absolute atomic E-state index is 11.4. The van der Waals surface area contributed by atoms with Gasteiger partial charge in [0.15, 0.2) is 5.69 Å². The number of ether oxygens (including phenoxy) is 1. The number of anilines is 1. The van der Waals surface area contributed by atoms with E-state index in [0.717, 1.165) is 0 Å². The van der Waals surface area contributed by atoms with Gasteiger partial charge in [0.25, 0.3) is 0 Å². The molecule has 1 unspecified atom stereocenters. The molecule has 2 rings (SSSR count).